The highest BCUT2D eigenvalue weighted by molar-refractivity contribution is 7.89. The van der Waals surface area contributed by atoms with Crippen molar-refractivity contribution in [3.8, 4) is 0 Å². The number of nitrogens with two attached hydrogens (primary N) is 1. The number of piperidine rings is 2. The van der Waals surface area contributed by atoms with Gasteiger partial charge in [0.05, 0.1) is 15.5 Å². The van der Waals surface area contributed by atoms with Gasteiger partial charge in [-0.3, -0.25) is 10.3 Å². The Morgan fingerprint density at radius 1 is 0.816 bits per heavy atom. The van der Waals surface area contributed by atoms with Crippen molar-refractivity contribution >= 4 is 58.9 Å². The van der Waals surface area contributed by atoms with Crippen molar-refractivity contribution in [3.05, 3.63) is 41.3 Å². The van der Waals surface area contributed by atoms with Crippen LogP contribution in [0.4, 0.5) is 11.4 Å². The summed E-state index contributed by atoms with van der Waals surface area (Å²) in [4.78, 5) is 30.3. The number of carbonyl (C=O) groups is 1. The molecule has 0 aromatic heterocycles. The van der Waals surface area contributed by atoms with E-state index in [-0.39, 0.29) is 61.5 Å². The van der Waals surface area contributed by atoms with Crippen molar-refractivity contribution in [1.29, 1.82) is 0 Å². The van der Waals surface area contributed by atoms with Crippen LogP contribution in [0, 0.1) is 34.5 Å². The molecule has 15 heteroatoms. The molecule has 0 amide bonds. The van der Waals surface area contributed by atoms with E-state index in [2.05, 4.69) is 10.7 Å². The van der Waals surface area contributed by atoms with Gasteiger partial charge in [-0.25, -0.2) is 21.7 Å². The molecule has 268 valence electrons. The van der Waals surface area contributed by atoms with Crippen molar-refractivity contribution in [3.63, 3.8) is 0 Å². The first-order chi connectivity index (χ1) is 23.0. The zero-order chi connectivity index (χ0) is 35.8. The second kappa shape index (κ2) is 14.6. The fraction of sp³-hybridized carbons (Fsp3) is 0.559. The van der Waals surface area contributed by atoms with Crippen LogP contribution >= 0.6 is 0 Å². The van der Waals surface area contributed by atoms with E-state index in [9.17, 15) is 26.5 Å². The minimum absolute atomic E-state index is 0.00467. The van der Waals surface area contributed by atoms with E-state index in [1.165, 1.54) is 45.0 Å². The number of esters is 1. The predicted molar refractivity (Wildman–Crippen MR) is 189 cm³/mol. The number of carbonyl (C=O) groups excluding carboxylic acids is 1. The van der Waals surface area contributed by atoms with Crippen molar-refractivity contribution in [2.24, 2.45) is 40.5 Å². The molecular weight excluding hydrogens is 671 g/mol. The summed E-state index contributed by atoms with van der Waals surface area (Å²) in [7, 11) is -7.90. The molecule has 0 spiro atoms. The first-order valence-electron chi connectivity index (χ1n) is 16.7. The SMILES string of the molecule is CC(C)[C@H](N)C(=O)OCONc1c2cc(S(=O)(=O)N3C[C@H](C)C[C@H](C)C3)ccc2c(N=O)c2ccc(S(=O)(=O)N3C[C@H](C)C[C@H](C)C3)cc12. The van der Waals surface area contributed by atoms with Gasteiger partial charge in [0, 0.05) is 47.7 Å². The summed E-state index contributed by atoms with van der Waals surface area (Å²) in [5, 5.41) is 4.45. The van der Waals surface area contributed by atoms with Crippen molar-refractivity contribution < 1.29 is 31.2 Å². The van der Waals surface area contributed by atoms with Crippen LogP contribution in [-0.4, -0.2) is 70.4 Å². The van der Waals surface area contributed by atoms with E-state index in [1.807, 2.05) is 27.7 Å². The maximum Gasteiger partial charge on any atom is 0.325 e. The average Bonchev–Trinajstić information content (AvgIpc) is 3.04. The normalized spacial score (nSPS) is 23.5. The van der Waals surface area contributed by atoms with Gasteiger partial charge in [0.1, 0.15) is 11.7 Å². The summed E-state index contributed by atoms with van der Waals surface area (Å²) in [6, 6.07) is 7.92. The Labute approximate surface area is 288 Å². The molecule has 3 aromatic carbocycles. The second-order valence-electron chi connectivity index (χ2n) is 14.4. The van der Waals surface area contributed by atoms with Crippen molar-refractivity contribution in [1.82, 2.24) is 8.61 Å². The quantitative estimate of drug-likeness (QED) is 0.0638. The van der Waals surface area contributed by atoms with Crippen LogP contribution in [0.3, 0.4) is 0 Å². The Bertz CT molecular complexity index is 1820. The number of fused-ring (bicyclic) bond motifs is 2. The highest BCUT2D eigenvalue weighted by atomic mass is 32.2. The summed E-state index contributed by atoms with van der Waals surface area (Å²) in [6.07, 6.45) is 1.84. The third-order valence-corrected chi connectivity index (χ3v) is 13.1. The molecule has 2 heterocycles. The molecule has 0 unspecified atom stereocenters. The molecule has 13 nitrogen and oxygen atoms in total. The largest absolute Gasteiger partial charge is 0.435 e. The fourth-order valence-electron chi connectivity index (χ4n) is 7.15. The molecule has 0 aliphatic carbocycles. The summed E-state index contributed by atoms with van der Waals surface area (Å²) in [5.41, 5.74) is 8.85. The number of benzene rings is 3. The van der Waals surface area contributed by atoms with Gasteiger partial charge in [-0.15, -0.1) is 4.91 Å². The van der Waals surface area contributed by atoms with Gasteiger partial charge in [0.25, 0.3) is 0 Å². The van der Waals surface area contributed by atoms with E-state index in [0.717, 1.165) is 12.8 Å². The number of nitroso groups, excluding NO2 is 1. The molecule has 2 aliphatic rings. The molecule has 49 heavy (non-hydrogen) atoms. The number of ether oxygens (including phenoxy) is 1. The van der Waals surface area contributed by atoms with E-state index in [1.54, 1.807) is 13.8 Å². The third kappa shape index (κ3) is 7.61. The van der Waals surface area contributed by atoms with Gasteiger partial charge in [0.15, 0.2) is 0 Å². The molecule has 5 rings (SSSR count). The van der Waals surface area contributed by atoms with E-state index in [4.69, 9.17) is 15.3 Å². The molecule has 2 aliphatic heterocycles. The maximum atomic E-state index is 14.0. The smallest absolute Gasteiger partial charge is 0.325 e. The first-order valence-corrected chi connectivity index (χ1v) is 19.6. The molecule has 0 radical (unpaired) electrons. The van der Waals surface area contributed by atoms with E-state index >= 15 is 0 Å². The van der Waals surface area contributed by atoms with E-state index in [0.29, 0.717) is 37.0 Å². The number of nitrogens with zero attached hydrogens (tertiary/aromatic N) is 3. The van der Waals surface area contributed by atoms with Crippen LogP contribution in [0.15, 0.2) is 51.4 Å². The Hall–Kier alpha value is -3.21. The number of anilines is 1. The summed E-state index contributed by atoms with van der Waals surface area (Å²) >= 11 is 0. The third-order valence-electron chi connectivity index (χ3n) is 9.49. The number of hydrogen-bond acceptors (Lipinski definition) is 11. The average molecular weight is 718 g/mol. The summed E-state index contributed by atoms with van der Waals surface area (Å²) in [5.74, 6) is -0.137. The summed E-state index contributed by atoms with van der Waals surface area (Å²) < 4.78 is 63.9. The van der Waals surface area contributed by atoms with Gasteiger partial charge >= 0.3 is 5.97 Å². The molecule has 3 aromatic rings. The Morgan fingerprint density at radius 3 is 1.63 bits per heavy atom. The van der Waals surface area contributed by atoms with Crippen LogP contribution < -0.4 is 11.2 Å². The van der Waals surface area contributed by atoms with E-state index < -0.39 is 38.9 Å². The van der Waals surface area contributed by atoms with Crippen LogP contribution in [0.5, 0.6) is 0 Å². The molecule has 2 fully saturated rings. The Balaban J connectivity index is 1.65. The number of rotatable bonds is 11. The number of hydrogen-bond donors (Lipinski definition) is 2. The molecule has 2 saturated heterocycles. The highest BCUT2D eigenvalue weighted by Crippen LogP contribution is 2.44. The zero-order valence-electron chi connectivity index (χ0n) is 28.9. The molecule has 5 atom stereocenters. The zero-order valence-corrected chi connectivity index (χ0v) is 30.5. The molecular formula is C34H47N5O8S2. The topological polar surface area (TPSA) is 178 Å². The highest BCUT2D eigenvalue weighted by Gasteiger charge is 2.34. The minimum atomic E-state index is -3.95. The number of nitrogens with one attached hydrogen (secondary N) is 1. The lowest BCUT2D eigenvalue weighted by Gasteiger charge is -2.34. The Morgan fingerprint density at radius 2 is 1.24 bits per heavy atom. The van der Waals surface area contributed by atoms with Crippen molar-refractivity contribution in [2.75, 3.05) is 38.5 Å². The monoisotopic (exact) mass is 717 g/mol. The summed E-state index contributed by atoms with van der Waals surface area (Å²) in [6.45, 7) is 12.6. The molecule has 3 N–H and O–H groups in total. The van der Waals surface area contributed by atoms with Gasteiger partial charge in [-0.2, -0.15) is 8.61 Å². The van der Waals surface area contributed by atoms with Crippen LogP contribution in [-0.2, 0) is 34.4 Å². The van der Waals surface area contributed by atoms with Crippen LogP contribution in [0.2, 0.25) is 0 Å². The van der Waals surface area contributed by atoms with Gasteiger partial charge in [-0.05, 0) is 71.9 Å². The predicted octanol–water partition coefficient (Wildman–Crippen LogP) is 5.55. The lowest BCUT2D eigenvalue weighted by Crippen LogP contribution is -2.42. The molecule has 0 saturated carbocycles. The molecule has 0 bridgehead atoms. The lowest BCUT2D eigenvalue weighted by molar-refractivity contribution is -0.156. The first kappa shape index (κ1) is 37.1. The van der Waals surface area contributed by atoms with Gasteiger partial charge in [-0.1, -0.05) is 53.7 Å². The van der Waals surface area contributed by atoms with Gasteiger partial charge in [0.2, 0.25) is 26.8 Å². The number of sulfonamides is 2. The second-order valence-corrected chi connectivity index (χ2v) is 18.2. The fourth-order valence-corrected chi connectivity index (χ4v) is 10.6. The van der Waals surface area contributed by atoms with Gasteiger partial charge < -0.3 is 10.5 Å². The van der Waals surface area contributed by atoms with Crippen molar-refractivity contribution in [2.45, 2.75) is 70.2 Å². The lowest BCUT2D eigenvalue weighted by atomic mass is 9.94. The standard InChI is InChI=1S/C34H47N5O8S2/c1-20(2)31(35)34(40)46-19-47-37-33-29-13-25(48(42,43)38-15-21(3)11-22(4)16-38)7-9-27(29)32(36-41)28-10-8-26(14-30(28)33)49(44,45)39-17-23(5)12-24(6)18-39/h7-10,13-14,20-24,31,37H,11-12,15-19,35H2,1-6H3/t21-,22+,23-,24+,31-/m0/s1. The Kier molecular flexibility index (Phi) is 11.0. The maximum absolute atomic E-state index is 14.0. The van der Waals surface area contributed by atoms with Crippen LogP contribution in [0.1, 0.15) is 54.4 Å². The van der Waals surface area contributed by atoms with Crippen LogP contribution in [0.25, 0.3) is 21.5 Å². The minimum Gasteiger partial charge on any atom is -0.435 e.